The lowest BCUT2D eigenvalue weighted by molar-refractivity contribution is -0.137. The molecular weight excluding hydrogens is 388 g/mol. The standard InChI is InChI=1S/C22H26N2O4S/c1-29-19-10-6-5-9-18(19)24-21(26)20(25)23-15-22(27,16-7-3-2-4-8-16)17-11-13-28-14-12-17/h2-10,17,27H,11-15H2,1H3,(H,23,25)(H,24,26)/t22-/m0/s1. The van der Waals surface area contributed by atoms with Gasteiger partial charge in [-0.3, -0.25) is 9.59 Å². The molecule has 0 saturated carbocycles. The number of benzene rings is 2. The van der Waals surface area contributed by atoms with Crippen LogP contribution < -0.4 is 10.6 Å². The number of ether oxygens (including phenoxy) is 1. The number of rotatable bonds is 6. The maximum absolute atomic E-state index is 12.4. The van der Waals surface area contributed by atoms with Gasteiger partial charge in [0.1, 0.15) is 5.60 Å². The minimum atomic E-state index is -1.27. The molecule has 1 saturated heterocycles. The maximum Gasteiger partial charge on any atom is 0.313 e. The van der Waals surface area contributed by atoms with E-state index in [1.807, 2.05) is 48.7 Å². The van der Waals surface area contributed by atoms with Crippen LogP contribution in [0.3, 0.4) is 0 Å². The molecule has 0 unspecified atom stereocenters. The number of thioether (sulfide) groups is 1. The summed E-state index contributed by atoms with van der Waals surface area (Å²) in [5, 5.41) is 16.8. The van der Waals surface area contributed by atoms with Crippen LogP contribution in [0.2, 0.25) is 0 Å². The number of nitrogens with one attached hydrogen (secondary N) is 2. The fourth-order valence-electron chi connectivity index (χ4n) is 3.61. The molecule has 0 aliphatic carbocycles. The molecular formula is C22H26N2O4S. The van der Waals surface area contributed by atoms with Crippen molar-refractivity contribution in [1.82, 2.24) is 5.32 Å². The zero-order valence-electron chi connectivity index (χ0n) is 16.4. The van der Waals surface area contributed by atoms with Gasteiger partial charge in [0, 0.05) is 18.1 Å². The van der Waals surface area contributed by atoms with Crippen LogP contribution in [0.4, 0.5) is 5.69 Å². The largest absolute Gasteiger partial charge is 0.383 e. The molecule has 2 amide bonds. The van der Waals surface area contributed by atoms with Crippen molar-refractivity contribution in [2.75, 3.05) is 31.3 Å². The zero-order chi connectivity index (χ0) is 20.7. The van der Waals surface area contributed by atoms with E-state index in [9.17, 15) is 14.7 Å². The highest BCUT2D eigenvalue weighted by Crippen LogP contribution is 2.35. The van der Waals surface area contributed by atoms with Gasteiger partial charge in [0.05, 0.1) is 12.2 Å². The van der Waals surface area contributed by atoms with Crippen molar-refractivity contribution >= 4 is 29.3 Å². The molecule has 6 nitrogen and oxygen atoms in total. The summed E-state index contributed by atoms with van der Waals surface area (Å²) in [6.07, 6.45) is 3.28. The summed E-state index contributed by atoms with van der Waals surface area (Å²) in [6, 6.07) is 16.6. The van der Waals surface area contributed by atoms with Crippen LogP contribution in [0.5, 0.6) is 0 Å². The topological polar surface area (TPSA) is 87.7 Å². The normalized spacial score (nSPS) is 16.6. The molecule has 1 aliphatic heterocycles. The third-order valence-electron chi connectivity index (χ3n) is 5.25. The molecule has 0 bridgehead atoms. The summed E-state index contributed by atoms with van der Waals surface area (Å²) < 4.78 is 5.42. The van der Waals surface area contributed by atoms with Gasteiger partial charge in [0.15, 0.2) is 0 Å². The van der Waals surface area contributed by atoms with Crippen molar-refractivity contribution in [1.29, 1.82) is 0 Å². The Hall–Kier alpha value is -2.35. The van der Waals surface area contributed by atoms with Crippen LogP contribution in [-0.2, 0) is 19.9 Å². The molecule has 1 heterocycles. The van der Waals surface area contributed by atoms with Gasteiger partial charge in [0.2, 0.25) is 0 Å². The highest BCUT2D eigenvalue weighted by atomic mass is 32.2. The van der Waals surface area contributed by atoms with Gasteiger partial charge >= 0.3 is 11.8 Å². The van der Waals surface area contributed by atoms with E-state index in [4.69, 9.17) is 4.74 Å². The van der Waals surface area contributed by atoms with Crippen LogP contribution in [0.15, 0.2) is 59.5 Å². The van der Waals surface area contributed by atoms with Crippen LogP contribution in [0, 0.1) is 5.92 Å². The maximum atomic E-state index is 12.4. The van der Waals surface area contributed by atoms with Crippen LogP contribution in [-0.4, -0.2) is 42.9 Å². The van der Waals surface area contributed by atoms with Gasteiger partial charge in [-0.05, 0) is 42.7 Å². The molecule has 3 N–H and O–H groups in total. The highest BCUT2D eigenvalue weighted by Gasteiger charge is 2.39. The SMILES string of the molecule is CSc1ccccc1NC(=O)C(=O)NC[C@](O)(c1ccccc1)C1CCOCC1. The van der Waals surface area contributed by atoms with E-state index in [0.29, 0.717) is 31.7 Å². The number of carbonyl (C=O) groups excluding carboxylic acids is 2. The second kappa shape index (κ2) is 9.91. The summed E-state index contributed by atoms with van der Waals surface area (Å²) in [4.78, 5) is 25.7. The molecule has 2 aromatic rings. The summed E-state index contributed by atoms with van der Waals surface area (Å²) in [5.41, 5.74) is 0.0428. The lowest BCUT2D eigenvalue weighted by Gasteiger charge is -2.39. The summed E-state index contributed by atoms with van der Waals surface area (Å²) in [5.74, 6) is -1.60. The van der Waals surface area contributed by atoms with E-state index in [1.165, 1.54) is 11.8 Å². The van der Waals surface area contributed by atoms with Crippen molar-refractivity contribution in [3.63, 3.8) is 0 Å². The van der Waals surface area contributed by atoms with Crippen LogP contribution >= 0.6 is 11.8 Å². The third kappa shape index (κ3) is 5.18. The Balaban J connectivity index is 1.70. The van der Waals surface area contributed by atoms with Gasteiger partial charge in [-0.15, -0.1) is 11.8 Å². The number of hydrogen-bond donors (Lipinski definition) is 3. The molecule has 1 aliphatic rings. The first-order chi connectivity index (χ1) is 14.0. The first-order valence-electron chi connectivity index (χ1n) is 9.62. The van der Waals surface area contributed by atoms with Crippen molar-refractivity contribution in [3.8, 4) is 0 Å². The van der Waals surface area contributed by atoms with Gasteiger partial charge in [0.25, 0.3) is 0 Å². The fourth-order valence-corrected chi connectivity index (χ4v) is 4.16. The van der Waals surface area contributed by atoms with Gasteiger partial charge in [-0.25, -0.2) is 0 Å². The van der Waals surface area contributed by atoms with Crippen LogP contribution in [0.25, 0.3) is 0 Å². The summed E-state index contributed by atoms with van der Waals surface area (Å²) >= 11 is 1.48. The minimum absolute atomic E-state index is 0.0435. The van der Waals surface area contributed by atoms with E-state index in [2.05, 4.69) is 10.6 Å². The summed E-state index contributed by atoms with van der Waals surface area (Å²) in [7, 11) is 0. The fraction of sp³-hybridized carbons (Fsp3) is 0.364. The Morgan fingerprint density at radius 3 is 2.41 bits per heavy atom. The van der Waals surface area contributed by atoms with Crippen molar-refractivity contribution in [2.45, 2.75) is 23.3 Å². The van der Waals surface area contributed by atoms with Gasteiger partial charge < -0.3 is 20.5 Å². The molecule has 1 fully saturated rings. The highest BCUT2D eigenvalue weighted by molar-refractivity contribution is 7.98. The number of carbonyl (C=O) groups is 2. The number of anilines is 1. The first kappa shape index (κ1) is 21.4. The molecule has 2 aromatic carbocycles. The molecule has 7 heteroatoms. The van der Waals surface area contributed by atoms with E-state index in [1.54, 1.807) is 12.1 Å². The third-order valence-corrected chi connectivity index (χ3v) is 6.05. The lowest BCUT2D eigenvalue weighted by Crippen LogP contribution is -2.49. The summed E-state index contributed by atoms with van der Waals surface area (Å²) in [6.45, 7) is 1.09. The van der Waals surface area contributed by atoms with Gasteiger partial charge in [-0.2, -0.15) is 0 Å². The molecule has 1 atom stereocenters. The Morgan fingerprint density at radius 2 is 1.72 bits per heavy atom. The lowest BCUT2D eigenvalue weighted by atomic mass is 9.77. The first-order valence-corrected chi connectivity index (χ1v) is 10.8. The Bertz CT molecular complexity index is 840. The second-order valence-electron chi connectivity index (χ2n) is 7.01. The molecule has 0 aromatic heterocycles. The zero-order valence-corrected chi connectivity index (χ0v) is 17.2. The van der Waals surface area contributed by atoms with E-state index in [-0.39, 0.29) is 12.5 Å². The van der Waals surface area contributed by atoms with Crippen molar-refractivity contribution < 1.29 is 19.4 Å². The molecule has 0 spiro atoms. The van der Waals surface area contributed by atoms with Crippen molar-refractivity contribution in [3.05, 3.63) is 60.2 Å². The average molecular weight is 415 g/mol. The Kier molecular flexibility index (Phi) is 7.30. The molecule has 29 heavy (non-hydrogen) atoms. The Labute approximate surface area is 175 Å². The quantitative estimate of drug-likeness (QED) is 0.500. The second-order valence-corrected chi connectivity index (χ2v) is 7.86. The number of hydrogen-bond acceptors (Lipinski definition) is 5. The number of aliphatic hydroxyl groups is 1. The van der Waals surface area contributed by atoms with Gasteiger partial charge in [-0.1, -0.05) is 42.5 Å². The molecule has 3 rings (SSSR count). The predicted molar refractivity (Wildman–Crippen MR) is 114 cm³/mol. The monoisotopic (exact) mass is 414 g/mol. The molecule has 154 valence electrons. The van der Waals surface area contributed by atoms with Crippen molar-refractivity contribution in [2.24, 2.45) is 5.92 Å². The number of amides is 2. The van der Waals surface area contributed by atoms with E-state index >= 15 is 0 Å². The molecule has 0 radical (unpaired) electrons. The van der Waals surface area contributed by atoms with E-state index in [0.717, 1.165) is 10.5 Å². The van der Waals surface area contributed by atoms with Crippen LogP contribution in [0.1, 0.15) is 18.4 Å². The smallest absolute Gasteiger partial charge is 0.313 e. The number of para-hydroxylation sites is 1. The predicted octanol–water partition coefficient (Wildman–Crippen LogP) is 2.78. The van der Waals surface area contributed by atoms with E-state index < -0.39 is 17.4 Å². The minimum Gasteiger partial charge on any atom is -0.383 e. The Morgan fingerprint density at radius 1 is 1.07 bits per heavy atom. The average Bonchev–Trinajstić information content (AvgIpc) is 2.78.